The van der Waals surface area contributed by atoms with Gasteiger partial charge < -0.3 is 24.6 Å². The molecule has 1 atom stereocenters. The summed E-state index contributed by atoms with van der Waals surface area (Å²) in [5, 5.41) is 12.9. The van der Waals surface area contributed by atoms with E-state index >= 15 is 0 Å². The van der Waals surface area contributed by atoms with Gasteiger partial charge in [0.15, 0.2) is 0 Å². The third-order valence-corrected chi connectivity index (χ3v) is 2.61. The van der Waals surface area contributed by atoms with Crippen LogP contribution in [0.4, 0.5) is 0 Å². The zero-order chi connectivity index (χ0) is 14.8. The molecule has 1 unspecified atom stereocenters. The zero-order valence-corrected chi connectivity index (χ0v) is 12.5. The Labute approximate surface area is 120 Å². The van der Waals surface area contributed by atoms with Crippen LogP contribution in [0.2, 0.25) is 0 Å². The number of ether oxygens (including phenoxy) is 3. The van der Waals surface area contributed by atoms with Gasteiger partial charge in [-0.05, 0) is 38.1 Å². The Balaban J connectivity index is 2.11. The van der Waals surface area contributed by atoms with Gasteiger partial charge in [0.25, 0.3) is 0 Å². The van der Waals surface area contributed by atoms with Gasteiger partial charge in [0.2, 0.25) is 0 Å². The first-order valence-corrected chi connectivity index (χ1v) is 6.89. The fraction of sp³-hybridized carbons (Fsp3) is 0.600. The van der Waals surface area contributed by atoms with Crippen LogP contribution >= 0.6 is 0 Å². The number of hydrogen-bond donors (Lipinski definition) is 2. The molecule has 0 saturated carbocycles. The van der Waals surface area contributed by atoms with E-state index < -0.39 is 6.10 Å². The van der Waals surface area contributed by atoms with Crippen molar-refractivity contribution in [3.63, 3.8) is 0 Å². The van der Waals surface area contributed by atoms with E-state index in [9.17, 15) is 5.11 Å². The predicted octanol–water partition coefficient (Wildman–Crippen LogP) is 1.45. The summed E-state index contributed by atoms with van der Waals surface area (Å²) in [6, 6.07) is 7.28. The van der Waals surface area contributed by atoms with E-state index in [2.05, 4.69) is 5.32 Å². The molecular formula is C15H25NO4. The van der Waals surface area contributed by atoms with Crippen molar-refractivity contribution in [3.8, 4) is 11.5 Å². The quantitative estimate of drug-likeness (QED) is 0.636. The van der Waals surface area contributed by atoms with Crippen LogP contribution in [0.25, 0.3) is 0 Å². The number of methoxy groups -OCH3 is 1. The lowest BCUT2D eigenvalue weighted by atomic mass is 10.3. The molecule has 0 spiro atoms. The summed E-state index contributed by atoms with van der Waals surface area (Å²) in [5.41, 5.74) is 0. The van der Waals surface area contributed by atoms with Crippen molar-refractivity contribution in [1.29, 1.82) is 0 Å². The number of rotatable bonds is 10. The molecule has 20 heavy (non-hydrogen) atoms. The lowest BCUT2D eigenvalue weighted by Gasteiger charge is -2.14. The molecule has 1 aromatic rings. The number of hydrogen-bond acceptors (Lipinski definition) is 5. The number of nitrogens with one attached hydrogen (secondary N) is 1. The van der Waals surface area contributed by atoms with Crippen molar-refractivity contribution < 1.29 is 19.3 Å². The Morgan fingerprint density at radius 3 is 2.40 bits per heavy atom. The summed E-state index contributed by atoms with van der Waals surface area (Å²) < 4.78 is 15.9. The SMILES string of the molecule is COc1ccc(OCC(O)CNCCOC(C)C)cc1. The second kappa shape index (κ2) is 9.58. The fourth-order valence-electron chi connectivity index (χ4n) is 1.56. The molecule has 0 fully saturated rings. The Morgan fingerprint density at radius 1 is 1.15 bits per heavy atom. The van der Waals surface area contributed by atoms with Crippen LogP contribution in [0.15, 0.2) is 24.3 Å². The lowest BCUT2D eigenvalue weighted by molar-refractivity contribution is 0.0735. The van der Waals surface area contributed by atoms with Crippen LogP contribution in [0.1, 0.15) is 13.8 Å². The molecule has 114 valence electrons. The summed E-state index contributed by atoms with van der Waals surface area (Å²) in [6.07, 6.45) is -0.309. The summed E-state index contributed by atoms with van der Waals surface area (Å²) in [4.78, 5) is 0. The molecular weight excluding hydrogens is 258 g/mol. The maximum atomic E-state index is 9.77. The highest BCUT2D eigenvalue weighted by atomic mass is 16.5. The van der Waals surface area contributed by atoms with E-state index in [0.29, 0.717) is 18.9 Å². The van der Waals surface area contributed by atoms with Crippen molar-refractivity contribution >= 4 is 0 Å². The lowest BCUT2D eigenvalue weighted by Crippen LogP contribution is -2.33. The van der Waals surface area contributed by atoms with Gasteiger partial charge in [0.1, 0.15) is 24.2 Å². The average Bonchev–Trinajstić information content (AvgIpc) is 2.45. The average molecular weight is 283 g/mol. The van der Waals surface area contributed by atoms with Crippen LogP contribution in [0.3, 0.4) is 0 Å². The van der Waals surface area contributed by atoms with Crippen LogP contribution in [0, 0.1) is 0 Å². The molecule has 0 aliphatic rings. The van der Waals surface area contributed by atoms with E-state index in [1.165, 1.54) is 0 Å². The van der Waals surface area contributed by atoms with Gasteiger partial charge in [0.05, 0.1) is 19.8 Å². The van der Waals surface area contributed by atoms with Crippen LogP contribution < -0.4 is 14.8 Å². The summed E-state index contributed by atoms with van der Waals surface area (Å²) in [5.74, 6) is 1.50. The van der Waals surface area contributed by atoms with Crippen LogP contribution in [-0.2, 0) is 4.74 Å². The number of aliphatic hydroxyl groups excluding tert-OH is 1. The van der Waals surface area contributed by atoms with E-state index in [1.807, 2.05) is 38.1 Å². The van der Waals surface area contributed by atoms with E-state index in [-0.39, 0.29) is 12.7 Å². The van der Waals surface area contributed by atoms with Gasteiger partial charge in [-0.3, -0.25) is 0 Å². The van der Waals surface area contributed by atoms with Crippen molar-refractivity contribution in [3.05, 3.63) is 24.3 Å². The third-order valence-electron chi connectivity index (χ3n) is 2.61. The van der Waals surface area contributed by atoms with Gasteiger partial charge in [-0.15, -0.1) is 0 Å². The summed E-state index contributed by atoms with van der Waals surface area (Å²) in [6.45, 7) is 6.10. The van der Waals surface area contributed by atoms with Crippen molar-refractivity contribution in [2.24, 2.45) is 0 Å². The van der Waals surface area contributed by atoms with E-state index in [4.69, 9.17) is 14.2 Å². The maximum absolute atomic E-state index is 9.77. The smallest absolute Gasteiger partial charge is 0.119 e. The maximum Gasteiger partial charge on any atom is 0.119 e. The normalized spacial score (nSPS) is 12.4. The second-order valence-corrected chi connectivity index (χ2v) is 4.76. The van der Waals surface area contributed by atoms with Gasteiger partial charge >= 0.3 is 0 Å². The van der Waals surface area contributed by atoms with Crippen molar-refractivity contribution in [2.75, 3.05) is 33.4 Å². The minimum absolute atomic E-state index is 0.236. The first kappa shape index (κ1) is 16.8. The molecule has 5 heteroatoms. The Hall–Kier alpha value is -1.30. The fourth-order valence-corrected chi connectivity index (χ4v) is 1.56. The molecule has 1 rings (SSSR count). The third kappa shape index (κ3) is 7.33. The molecule has 0 radical (unpaired) electrons. The van der Waals surface area contributed by atoms with Gasteiger partial charge in [-0.25, -0.2) is 0 Å². The molecule has 0 heterocycles. The van der Waals surface area contributed by atoms with Crippen molar-refractivity contribution in [1.82, 2.24) is 5.32 Å². The highest BCUT2D eigenvalue weighted by molar-refractivity contribution is 5.31. The molecule has 0 aliphatic heterocycles. The van der Waals surface area contributed by atoms with E-state index in [0.717, 1.165) is 12.3 Å². The van der Waals surface area contributed by atoms with Gasteiger partial charge in [-0.1, -0.05) is 0 Å². The molecule has 2 N–H and O–H groups in total. The Morgan fingerprint density at radius 2 is 1.80 bits per heavy atom. The minimum Gasteiger partial charge on any atom is -0.497 e. The first-order valence-electron chi connectivity index (χ1n) is 6.89. The van der Waals surface area contributed by atoms with E-state index in [1.54, 1.807) is 7.11 Å². The molecule has 5 nitrogen and oxygen atoms in total. The van der Waals surface area contributed by atoms with Gasteiger partial charge in [-0.2, -0.15) is 0 Å². The van der Waals surface area contributed by atoms with Crippen molar-refractivity contribution in [2.45, 2.75) is 26.1 Å². The monoisotopic (exact) mass is 283 g/mol. The summed E-state index contributed by atoms with van der Waals surface area (Å²) >= 11 is 0. The molecule has 0 amide bonds. The first-order chi connectivity index (χ1) is 9.61. The van der Waals surface area contributed by atoms with Crippen LogP contribution in [-0.4, -0.2) is 50.7 Å². The standard InChI is InChI=1S/C15H25NO4/c1-12(2)19-9-8-16-10-13(17)11-20-15-6-4-14(18-3)5-7-15/h4-7,12-13,16-17H,8-11H2,1-3H3. The second-order valence-electron chi connectivity index (χ2n) is 4.76. The highest BCUT2D eigenvalue weighted by Gasteiger charge is 2.05. The molecule has 0 aromatic heterocycles. The minimum atomic E-state index is -0.545. The zero-order valence-electron chi connectivity index (χ0n) is 12.5. The number of benzene rings is 1. The summed E-state index contributed by atoms with van der Waals surface area (Å²) in [7, 11) is 1.62. The highest BCUT2D eigenvalue weighted by Crippen LogP contribution is 2.16. The largest absolute Gasteiger partial charge is 0.497 e. The van der Waals surface area contributed by atoms with Gasteiger partial charge in [0, 0.05) is 13.1 Å². The Kier molecular flexibility index (Phi) is 8.02. The molecule has 0 aliphatic carbocycles. The number of aliphatic hydroxyl groups is 1. The molecule has 1 aromatic carbocycles. The Bertz CT molecular complexity index is 353. The van der Waals surface area contributed by atoms with Crippen LogP contribution in [0.5, 0.6) is 11.5 Å². The molecule has 0 bridgehead atoms. The predicted molar refractivity (Wildman–Crippen MR) is 78.5 cm³/mol. The topological polar surface area (TPSA) is 60.0 Å². The molecule has 0 saturated heterocycles.